The molecule has 0 saturated heterocycles. The Hall–Kier alpha value is -2.11. The first-order valence-electron chi connectivity index (χ1n) is 8.59. The van der Waals surface area contributed by atoms with Gasteiger partial charge in [0.25, 0.3) is 0 Å². The summed E-state index contributed by atoms with van der Waals surface area (Å²) in [6.07, 6.45) is 3.09. The lowest BCUT2D eigenvalue weighted by molar-refractivity contribution is -0.123. The van der Waals surface area contributed by atoms with Crippen LogP contribution in [0.25, 0.3) is 0 Å². The lowest BCUT2D eigenvalue weighted by Crippen LogP contribution is -2.51. The van der Waals surface area contributed by atoms with Crippen LogP contribution in [0, 0.1) is 5.82 Å². The molecular formula is C18H28FN3O2. The van der Waals surface area contributed by atoms with Gasteiger partial charge in [-0.1, -0.05) is 39.3 Å². The summed E-state index contributed by atoms with van der Waals surface area (Å²) < 4.78 is 12.8. The van der Waals surface area contributed by atoms with E-state index in [9.17, 15) is 14.0 Å². The predicted molar refractivity (Wildman–Crippen MR) is 93.0 cm³/mol. The van der Waals surface area contributed by atoms with Crippen molar-refractivity contribution in [3.63, 3.8) is 0 Å². The normalized spacial score (nSPS) is 11.9. The summed E-state index contributed by atoms with van der Waals surface area (Å²) in [5, 5.41) is 8.37. The highest BCUT2D eigenvalue weighted by atomic mass is 19.1. The highest BCUT2D eigenvalue weighted by Gasteiger charge is 2.21. The molecule has 1 unspecified atom stereocenters. The highest BCUT2D eigenvalue weighted by Crippen LogP contribution is 2.03. The Morgan fingerprint density at radius 1 is 1.04 bits per heavy atom. The van der Waals surface area contributed by atoms with Gasteiger partial charge in [0.2, 0.25) is 5.91 Å². The number of rotatable bonds is 9. The van der Waals surface area contributed by atoms with Crippen molar-refractivity contribution < 1.29 is 14.0 Å². The molecule has 0 aliphatic heterocycles. The molecule has 134 valence electrons. The van der Waals surface area contributed by atoms with E-state index in [0.717, 1.165) is 24.8 Å². The first-order valence-corrected chi connectivity index (χ1v) is 8.59. The van der Waals surface area contributed by atoms with E-state index in [1.807, 2.05) is 20.8 Å². The Labute approximate surface area is 143 Å². The quantitative estimate of drug-likeness (QED) is 0.648. The Kier molecular flexibility index (Phi) is 8.83. The first-order chi connectivity index (χ1) is 11.5. The molecule has 5 nitrogen and oxygen atoms in total. The summed E-state index contributed by atoms with van der Waals surface area (Å²) in [4.78, 5) is 24.3. The van der Waals surface area contributed by atoms with Crippen LogP contribution in [0.1, 0.15) is 52.0 Å². The summed E-state index contributed by atoms with van der Waals surface area (Å²) in [6.45, 7) is 6.28. The van der Waals surface area contributed by atoms with Crippen molar-refractivity contribution in [2.45, 2.75) is 65.1 Å². The minimum Gasteiger partial charge on any atom is -0.352 e. The largest absolute Gasteiger partial charge is 0.352 e. The van der Waals surface area contributed by atoms with E-state index in [1.54, 1.807) is 12.1 Å². The summed E-state index contributed by atoms with van der Waals surface area (Å²) in [5.74, 6) is -0.466. The fourth-order valence-corrected chi connectivity index (χ4v) is 2.35. The molecule has 0 spiro atoms. The van der Waals surface area contributed by atoms with E-state index in [4.69, 9.17) is 0 Å². The average Bonchev–Trinajstić information content (AvgIpc) is 2.58. The van der Waals surface area contributed by atoms with Crippen molar-refractivity contribution in [2.75, 3.05) is 0 Å². The van der Waals surface area contributed by atoms with Crippen molar-refractivity contribution in [2.24, 2.45) is 0 Å². The summed E-state index contributed by atoms with van der Waals surface area (Å²) in [7, 11) is 0. The van der Waals surface area contributed by atoms with E-state index in [-0.39, 0.29) is 24.3 Å². The Bertz CT molecular complexity index is 516. The van der Waals surface area contributed by atoms with E-state index >= 15 is 0 Å². The predicted octanol–water partition coefficient (Wildman–Crippen LogP) is 3.10. The number of hydrogen-bond acceptors (Lipinski definition) is 2. The molecule has 3 amide bonds. The fourth-order valence-electron chi connectivity index (χ4n) is 2.35. The topological polar surface area (TPSA) is 70.2 Å². The van der Waals surface area contributed by atoms with Crippen LogP contribution in [-0.4, -0.2) is 24.0 Å². The van der Waals surface area contributed by atoms with Gasteiger partial charge in [-0.25, -0.2) is 9.18 Å². The zero-order valence-corrected chi connectivity index (χ0v) is 14.7. The second kappa shape index (κ2) is 10.6. The minimum absolute atomic E-state index is 0.126. The number of carbonyl (C=O) groups is 2. The van der Waals surface area contributed by atoms with Crippen molar-refractivity contribution >= 4 is 11.9 Å². The van der Waals surface area contributed by atoms with E-state index in [1.165, 1.54) is 12.1 Å². The minimum atomic E-state index is -0.552. The van der Waals surface area contributed by atoms with Gasteiger partial charge in [0.15, 0.2) is 0 Å². The van der Waals surface area contributed by atoms with Gasteiger partial charge < -0.3 is 16.0 Å². The molecule has 0 bridgehead atoms. The number of carbonyl (C=O) groups excluding carboxylic acids is 2. The molecular weight excluding hydrogens is 309 g/mol. The summed E-state index contributed by atoms with van der Waals surface area (Å²) in [6, 6.07) is 5.08. The monoisotopic (exact) mass is 337 g/mol. The van der Waals surface area contributed by atoms with E-state index in [0.29, 0.717) is 6.42 Å². The lowest BCUT2D eigenvalue weighted by atomic mass is 10.1. The van der Waals surface area contributed by atoms with Gasteiger partial charge in [0.1, 0.15) is 11.9 Å². The summed E-state index contributed by atoms with van der Waals surface area (Å²) in [5.41, 5.74) is 0.792. The maximum atomic E-state index is 12.8. The molecule has 0 aromatic heterocycles. The van der Waals surface area contributed by atoms with Gasteiger partial charge >= 0.3 is 6.03 Å². The lowest BCUT2D eigenvalue weighted by Gasteiger charge is -2.22. The molecule has 0 aliphatic carbocycles. The van der Waals surface area contributed by atoms with Crippen LogP contribution in [-0.2, 0) is 11.3 Å². The molecule has 1 aromatic carbocycles. The molecule has 0 heterocycles. The van der Waals surface area contributed by atoms with Crippen LogP contribution in [0.5, 0.6) is 0 Å². The first kappa shape index (κ1) is 19.9. The van der Waals surface area contributed by atoms with Gasteiger partial charge in [-0.3, -0.25) is 4.79 Å². The second-order valence-corrected chi connectivity index (χ2v) is 5.82. The second-order valence-electron chi connectivity index (χ2n) is 5.82. The number of benzene rings is 1. The molecule has 0 saturated carbocycles. The van der Waals surface area contributed by atoms with Crippen LogP contribution in [0.4, 0.5) is 9.18 Å². The zero-order chi connectivity index (χ0) is 17.9. The third kappa shape index (κ3) is 6.98. The SMILES string of the molecule is CCCC(NC(=O)NCc1ccc(F)cc1)C(=O)NC(CC)CC. The van der Waals surface area contributed by atoms with Crippen molar-refractivity contribution in [1.82, 2.24) is 16.0 Å². The van der Waals surface area contributed by atoms with Crippen LogP contribution in [0.3, 0.4) is 0 Å². The van der Waals surface area contributed by atoms with Crippen LogP contribution in [0.2, 0.25) is 0 Å². The number of amides is 3. The standard InChI is InChI=1S/C18H28FN3O2/c1-4-7-16(17(23)21-15(5-2)6-3)22-18(24)20-12-13-8-10-14(19)11-9-13/h8-11,15-16H,4-7,12H2,1-3H3,(H,21,23)(H2,20,22,24). The molecule has 1 rings (SSSR count). The zero-order valence-electron chi connectivity index (χ0n) is 14.7. The van der Waals surface area contributed by atoms with Crippen LogP contribution in [0.15, 0.2) is 24.3 Å². The molecule has 1 atom stereocenters. The van der Waals surface area contributed by atoms with Gasteiger partial charge in [-0.2, -0.15) is 0 Å². The van der Waals surface area contributed by atoms with Gasteiger partial charge in [-0.15, -0.1) is 0 Å². The molecule has 6 heteroatoms. The van der Waals surface area contributed by atoms with Crippen LogP contribution >= 0.6 is 0 Å². The molecule has 0 radical (unpaired) electrons. The molecule has 0 fully saturated rings. The number of nitrogens with one attached hydrogen (secondary N) is 3. The highest BCUT2D eigenvalue weighted by molar-refractivity contribution is 5.87. The molecule has 1 aromatic rings. The maximum absolute atomic E-state index is 12.8. The maximum Gasteiger partial charge on any atom is 0.315 e. The van der Waals surface area contributed by atoms with Crippen molar-refractivity contribution in [3.8, 4) is 0 Å². The number of urea groups is 1. The van der Waals surface area contributed by atoms with Crippen LogP contribution < -0.4 is 16.0 Å². The van der Waals surface area contributed by atoms with Crippen molar-refractivity contribution in [1.29, 1.82) is 0 Å². The van der Waals surface area contributed by atoms with Gasteiger partial charge in [-0.05, 0) is 37.0 Å². The number of hydrogen-bond donors (Lipinski definition) is 3. The Morgan fingerprint density at radius 2 is 1.67 bits per heavy atom. The molecule has 24 heavy (non-hydrogen) atoms. The van der Waals surface area contributed by atoms with E-state index < -0.39 is 12.1 Å². The van der Waals surface area contributed by atoms with Crippen molar-refractivity contribution in [3.05, 3.63) is 35.6 Å². The fraction of sp³-hybridized carbons (Fsp3) is 0.556. The smallest absolute Gasteiger partial charge is 0.315 e. The Morgan fingerprint density at radius 3 is 2.21 bits per heavy atom. The number of halogens is 1. The third-order valence-corrected chi connectivity index (χ3v) is 3.90. The van der Waals surface area contributed by atoms with Gasteiger partial charge in [0.05, 0.1) is 0 Å². The molecule has 0 aliphatic rings. The van der Waals surface area contributed by atoms with Gasteiger partial charge in [0, 0.05) is 12.6 Å². The van der Waals surface area contributed by atoms with E-state index in [2.05, 4.69) is 16.0 Å². The third-order valence-electron chi connectivity index (χ3n) is 3.90. The average molecular weight is 337 g/mol. The Balaban J connectivity index is 2.52. The summed E-state index contributed by atoms with van der Waals surface area (Å²) >= 11 is 0. The molecule has 3 N–H and O–H groups in total.